The third kappa shape index (κ3) is 5.23. The van der Waals surface area contributed by atoms with Crippen LogP contribution in [0.25, 0.3) is 0 Å². The molecule has 3 rings (SSSR count). The number of hydrogen-bond donors (Lipinski definition) is 1. The molecule has 3 heterocycles. The number of nitrogens with one attached hydrogen (secondary N) is 1. The number of nitrogens with zero attached hydrogens (tertiary/aromatic N) is 4. The van der Waals surface area contributed by atoms with Gasteiger partial charge >= 0.3 is 6.03 Å². The first-order valence-corrected chi connectivity index (χ1v) is 10.4. The lowest BCUT2D eigenvalue weighted by atomic mass is 9.85. The Balaban J connectivity index is 1.58. The van der Waals surface area contributed by atoms with Gasteiger partial charge in [0.25, 0.3) is 0 Å². The molecule has 1 aromatic rings. The van der Waals surface area contributed by atoms with Crippen LogP contribution in [0.15, 0.2) is 12.4 Å². The summed E-state index contributed by atoms with van der Waals surface area (Å²) in [6.45, 7) is 6.53. The molecule has 0 aromatic carbocycles. The first-order chi connectivity index (χ1) is 13.1. The van der Waals surface area contributed by atoms with Crippen molar-refractivity contribution in [3.8, 4) is 0 Å². The Labute approximate surface area is 163 Å². The summed E-state index contributed by atoms with van der Waals surface area (Å²) >= 11 is 0. The topological polar surface area (TPSA) is 62.6 Å². The van der Waals surface area contributed by atoms with Crippen molar-refractivity contribution in [2.75, 3.05) is 39.8 Å². The predicted molar refractivity (Wildman–Crippen MR) is 106 cm³/mol. The van der Waals surface area contributed by atoms with Crippen LogP contribution in [0.2, 0.25) is 0 Å². The summed E-state index contributed by atoms with van der Waals surface area (Å²) in [5.41, 5.74) is 1.26. The van der Waals surface area contributed by atoms with Crippen LogP contribution in [0.4, 0.5) is 4.79 Å². The Kier molecular flexibility index (Phi) is 7.13. The number of ether oxygens (including phenoxy) is 1. The number of piperidine rings is 1. The minimum Gasteiger partial charge on any atom is -0.376 e. The fraction of sp³-hybridized carbons (Fsp3) is 0.800. The van der Waals surface area contributed by atoms with Gasteiger partial charge in [-0.1, -0.05) is 6.92 Å². The Morgan fingerprint density at radius 1 is 1.37 bits per heavy atom. The van der Waals surface area contributed by atoms with Gasteiger partial charge in [0.2, 0.25) is 0 Å². The molecule has 2 aliphatic heterocycles. The first-order valence-electron chi connectivity index (χ1n) is 10.4. The first kappa shape index (κ1) is 20.1. The van der Waals surface area contributed by atoms with Gasteiger partial charge in [0.15, 0.2) is 0 Å². The minimum absolute atomic E-state index is 0.00253. The molecule has 1 N–H and O–H groups in total. The highest BCUT2D eigenvalue weighted by molar-refractivity contribution is 5.73. The van der Waals surface area contributed by atoms with Gasteiger partial charge < -0.3 is 15.0 Å². The van der Waals surface area contributed by atoms with Crippen molar-refractivity contribution in [1.82, 2.24) is 24.9 Å². The molecule has 2 amide bonds. The Morgan fingerprint density at radius 3 is 2.89 bits per heavy atom. The fourth-order valence-corrected chi connectivity index (χ4v) is 4.51. The third-order valence-electron chi connectivity index (χ3n) is 5.94. The number of likely N-dealkylation sites (tertiary alicyclic amines) is 1. The maximum absolute atomic E-state index is 12.6. The normalized spacial score (nSPS) is 26.7. The van der Waals surface area contributed by atoms with Crippen LogP contribution in [0, 0.1) is 5.92 Å². The summed E-state index contributed by atoms with van der Waals surface area (Å²) in [6, 6.07) is 0.331. The van der Waals surface area contributed by atoms with Crippen LogP contribution in [0.1, 0.15) is 50.6 Å². The molecule has 0 bridgehead atoms. The number of aromatic nitrogens is 2. The summed E-state index contributed by atoms with van der Waals surface area (Å²) in [5, 5.41) is 7.43. The fourth-order valence-electron chi connectivity index (χ4n) is 4.51. The third-order valence-corrected chi connectivity index (χ3v) is 5.94. The van der Waals surface area contributed by atoms with Gasteiger partial charge in [-0.2, -0.15) is 5.10 Å². The molecule has 1 unspecified atom stereocenters. The van der Waals surface area contributed by atoms with Gasteiger partial charge in [0.1, 0.15) is 0 Å². The highest BCUT2D eigenvalue weighted by atomic mass is 16.5. The van der Waals surface area contributed by atoms with Crippen molar-refractivity contribution in [2.45, 2.75) is 51.2 Å². The van der Waals surface area contributed by atoms with Crippen molar-refractivity contribution in [2.24, 2.45) is 13.0 Å². The summed E-state index contributed by atoms with van der Waals surface area (Å²) in [7, 11) is 3.87. The van der Waals surface area contributed by atoms with E-state index in [1.54, 1.807) is 0 Å². The van der Waals surface area contributed by atoms with E-state index in [2.05, 4.69) is 28.4 Å². The minimum atomic E-state index is 0.00253. The van der Waals surface area contributed by atoms with Crippen molar-refractivity contribution in [1.29, 1.82) is 0 Å². The molecule has 2 saturated heterocycles. The molecule has 2 aliphatic rings. The molecule has 2 fully saturated rings. The van der Waals surface area contributed by atoms with Crippen LogP contribution in [0.3, 0.4) is 0 Å². The smallest absolute Gasteiger partial charge is 0.317 e. The Hall–Kier alpha value is -1.60. The summed E-state index contributed by atoms with van der Waals surface area (Å²) < 4.78 is 7.59. The average Bonchev–Trinajstić information content (AvgIpc) is 3.12. The van der Waals surface area contributed by atoms with E-state index in [-0.39, 0.29) is 12.1 Å². The Bertz CT molecular complexity index is 599. The lowest BCUT2D eigenvalue weighted by Gasteiger charge is -2.42. The molecule has 0 radical (unpaired) electrons. The highest BCUT2D eigenvalue weighted by Gasteiger charge is 2.34. The number of amides is 2. The lowest BCUT2D eigenvalue weighted by molar-refractivity contribution is 0.0175. The molecule has 152 valence electrons. The molecule has 1 aromatic heterocycles. The van der Waals surface area contributed by atoms with Crippen LogP contribution in [0.5, 0.6) is 0 Å². The molecule has 3 atom stereocenters. The van der Waals surface area contributed by atoms with E-state index in [0.717, 1.165) is 45.5 Å². The van der Waals surface area contributed by atoms with Crippen LogP contribution < -0.4 is 5.32 Å². The van der Waals surface area contributed by atoms with E-state index in [1.165, 1.54) is 18.4 Å². The standard InChI is InChI=1S/C20H35N5O2/c1-4-25-10-7-8-16(19(25)17-12-22-24(3)15-17)14-23(2)20(26)21-13-18-9-5-6-11-27-18/h12,15-16,18-19H,4-11,13-14H2,1-3H3,(H,21,26)/t16-,18?,19+/m0/s1. The predicted octanol–water partition coefficient (Wildman–Crippen LogP) is 2.40. The number of carbonyl (C=O) groups is 1. The van der Waals surface area contributed by atoms with E-state index < -0.39 is 0 Å². The second-order valence-corrected chi connectivity index (χ2v) is 7.98. The zero-order chi connectivity index (χ0) is 19.2. The van der Waals surface area contributed by atoms with E-state index in [9.17, 15) is 4.79 Å². The maximum Gasteiger partial charge on any atom is 0.317 e. The van der Waals surface area contributed by atoms with Crippen LogP contribution in [-0.2, 0) is 11.8 Å². The molecule has 27 heavy (non-hydrogen) atoms. The second kappa shape index (κ2) is 9.55. The van der Waals surface area contributed by atoms with E-state index >= 15 is 0 Å². The van der Waals surface area contributed by atoms with Gasteiger partial charge in [0.05, 0.1) is 12.3 Å². The quantitative estimate of drug-likeness (QED) is 0.827. The molecule has 0 spiro atoms. The summed E-state index contributed by atoms with van der Waals surface area (Å²) in [5.74, 6) is 0.421. The molecule has 0 aliphatic carbocycles. The van der Waals surface area contributed by atoms with Crippen molar-refractivity contribution >= 4 is 6.03 Å². The van der Waals surface area contributed by atoms with Crippen LogP contribution >= 0.6 is 0 Å². The molecule has 7 nitrogen and oxygen atoms in total. The number of urea groups is 1. The van der Waals surface area contributed by atoms with Gasteiger partial charge in [-0.25, -0.2) is 4.79 Å². The maximum atomic E-state index is 12.6. The van der Waals surface area contributed by atoms with Gasteiger partial charge in [-0.15, -0.1) is 0 Å². The van der Waals surface area contributed by atoms with E-state index in [1.807, 2.05) is 29.9 Å². The van der Waals surface area contributed by atoms with Crippen LogP contribution in [-0.4, -0.2) is 71.5 Å². The van der Waals surface area contributed by atoms with E-state index in [4.69, 9.17) is 4.74 Å². The van der Waals surface area contributed by atoms with Gasteiger partial charge in [-0.05, 0) is 51.1 Å². The molecular formula is C20H35N5O2. The summed E-state index contributed by atoms with van der Waals surface area (Å²) in [6.07, 6.45) is 9.96. The monoisotopic (exact) mass is 377 g/mol. The Morgan fingerprint density at radius 2 is 2.22 bits per heavy atom. The molecule has 0 saturated carbocycles. The number of carbonyl (C=O) groups excluding carboxylic acids is 1. The second-order valence-electron chi connectivity index (χ2n) is 7.98. The average molecular weight is 378 g/mol. The van der Waals surface area contributed by atoms with Crippen molar-refractivity contribution in [3.63, 3.8) is 0 Å². The summed E-state index contributed by atoms with van der Waals surface area (Å²) in [4.78, 5) is 17.0. The van der Waals surface area contributed by atoms with Crippen molar-refractivity contribution < 1.29 is 9.53 Å². The molecule has 7 heteroatoms. The lowest BCUT2D eigenvalue weighted by Crippen LogP contribution is -2.47. The number of hydrogen-bond acceptors (Lipinski definition) is 4. The number of aryl methyl sites for hydroxylation is 1. The van der Waals surface area contributed by atoms with Crippen molar-refractivity contribution in [3.05, 3.63) is 18.0 Å². The highest BCUT2D eigenvalue weighted by Crippen LogP contribution is 2.36. The number of rotatable bonds is 6. The van der Waals surface area contributed by atoms with Gasteiger partial charge in [0, 0.05) is 51.6 Å². The SMILES string of the molecule is CCN1CCC[C@@H](CN(C)C(=O)NCC2CCCCO2)[C@@H]1c1cnn(C)c1. The van der Waals surface area contributed by atoms with Gasteiger partial charge in [-0.3, -0.25) is 9.58 Å². The molecular weight excluding hydrogens is 342 g/mol. The largest absolute Gasteiger partial charge is 0.376 e. The zero-order valence-electron chi connectivity index (χ0n) is 17.1. The van der Waals surface area contributed by atoms with E-state index in [0.29, 0.717) is 18.5 Å². The zero-order valence-corrected chi connectivity index (χ0v) is 17.1.